The fourth-order valence-electron chi connectivity index (χ4n) is 2.88. The summed E-state index contributed by atoms with van der Waals surface area (Å²) in [5, 5.41) is 12.8. The number of hydrogen-bond donors (Lipinski definition) is 2. The molecule has 0 aliphatic heterocycles. The number of aliphatic hydroxyl groups is 1. The summed E-state index contributed by atoms with van der Waals surface area (Å²) in [7, 11) is 1.87. The van der Waals surface area contributed by atoms with Gasteiger partial charge < -0.3 is 14.1 Å². The van der Waals surface area contributed by atoms with Crippen LogP contribution in [0.25, 0.3) is 22.1 Å². The summed E-state index contributed by atoms with van der Waals surface area (Å²) in [6.07, 6.45) is -0.573. The molecule has 0 bridgehead atoms. The molecule has 0 amide bonds. The molecule has 132 valence electrons. The molecule has 26 heavy (non-hydrogen) atoms. The second kappa shape index (κ2) is 5.96. The van der Waals surface area contributed by atoms with Crippen LogP contribution in [0.1, 0.15) is 35.9 Å². The highest BCUT2D eigenvalue weighted by molar-refractivity contribution is 5.97. The average molecular weight is 350 g/mol. The van der Waals surface area contributed by atoms with Crippen LogP contribution in [0.3, 0.4) is 0 Å². The average Bonchev–Trinajstić information content (AvgIpc) is 3.14. The van der Waals surface area contributed by atoms with Crippen LogP contribution in [0.2, 0.25) is 0 Å². The maximum absolute atomic E-state index is 11.6. The number of oxazole rings is 1. The van der Waals surface area contributed by atoms with Gasteiger partial charge >= 0.3 is 6.01 Å². The SMILES string of the molecule is CC(=O)c1ccc2c(c1)nc(Nc1nc3ccc(C(C)O)cc3o1)n2C. The zero-order valence-electron chi connectivity index (χ0n) is 14.6. The lowest BCUT2D eigenvalue weighted by atomic mass is 10.1. The van der Waals surface area contributed by atoms with E-state index in [-0.39, 0.29) is 5.78 Å². The molecule has 0 saturated carbocycles. The first-order valence-electron chi connectivity index (χ1n) is 8.25. The van der Waals surface area contributed by atoms with Crippen molar-refractivity contribution in [3.8, 4) is 0 Å². The Morgan fingerprint density at radius 1 is 1.19 bits per heavy atom. The molecule has 2 N–H and O–H groups in total. The molecule has 2 aromatic carbocycles. The van der Waals surface area contributed by atoms with Gasteiger partial charge in [-0.15, -0.1) is 0 Å². The molecule has 4 rings (SSSR count). The number of anilines is 2. The van der Waals surface area contributed by atoms with Gasteiger partial charge in [0.05, 0.1) is 17.1 Å². The van der Waals surface area contributed by atoms with Crippen molar-refractivity contribution in [1.82, 2.24) is 14.5 Å². The molecule has 0 fully saturated rings. The van der Waals surface area contributed by atoms with Crippen molar-refractivity contribution in [1.29, 1.82) is 0 Å². The van der Waals surface area contributed by atoms with Gasteiger partial charge in [0.2, 0.25) is 5.95 Å². The molecule has 4 aromatic rings. The number of fused-ring (bicyclic) bond motifs is 2. The molecule has 0 aliphatic rings. The number of aliphatic hydroxyl groups excluding tert-OH is 1. The van der Waals surface area contributed by atoms with Crippen LogP contribution >= 0.6 is 0 Å². The molecular weight excluding hydrogens is 332 g/mol. The van der Waals surface area contributed by atoms with Crippen molar-refractivity contribution in [2.24, 2.45) is 7.05 Å². The number of rotatable bonds is 4. The number of Topliss-reactive ketones (excluding diaryl/α,β-unsaturated/α-hetero) is 1. The summed E-state index contributed by atoms with van der Waals surface area (Å²) >= 11 is 0. The number of nitrogens with zero attached hydrogens (tertiary/aromatic N) is 3. The van der Waals surface area contributed by atoms with E-state index in [1.807, 2.05) is 23.7 Å². The first kappa shape index (κ1) is 16.3. The first-order chi connectivity index (χ1) is 12.4. The van der Waals surface area contributed by atoms with Gasteiger partial charge in [-0.2, -0.15) is 4.98 Å². The van der Waals surface area contributed by atoms with E-state index in [1.165, 1.54) is 6.92 Å². The van der Waals surface area contributed by atoms with Gasteiger partial charge in [0.1, 0.15) is 5.52 Å². The van der Waals surface area contributed by atoms with Crippen LogP contribution in [-0.2, 0) is 7.05 Å². The van der Waals surface area contributed by atoms with E-state index in [1.54, 1.807) is 31.2 Å². The van der Waals surface area contributed by atoms with Crippen molar-refractivity contribution in [2.75, 3.05) is 5.32 Å². The smallest absolute Gasteiger partial charge is 0.302 e. The van der Waals surface area contributed by atoms with Crippen molar-refractivity contribution in [3.05, 3.63) is 47.5 Å². The summed E-state index contributed by atoms with van der Waals surface area (Å²) < 4.78 is 7.61. The normalized spacial score (nSPS) is 12.6. The van der Waals surface area contributed by atoms with Crippen LogP contribution in [0.15, 0.2) is 40.8 Å². The second-order valence-corrected chi connectivity index (χ2v) is 6.30. The Morgan fingerprint density at radius 3 is 2.73 bits per heavy atom. The minimum Gasteiger partial charge on any atom is -0.423 e. The zero-order valence-corrected chi connectivity index (χ0v) is 14.6. The van der Waals surface area contributed by atoms with E-state index in [0.29, 0.717) is 28.6 Å². The third kappa shape index (κ3) is 2.72. The van der Waals surface area contributed by atoms with Crippen LogP contribution in [-0.4, -0.2) is 25.4 Å². The Morgan fingerprint density at radius 2 is 2.00 bits per heavy atom. The molecule has 1 unspecified atom stereocenters. The maximum atomic E-state index is 11.6. The summed E-state index contributed by atoms with van der Waals surface area (Å²) in [5.41, 5.74) is 4.27. The number of ketones is 1. The predicted molar refractivity (Wildman–Crippen MR) is 98.6 cm³/mol. The first-order valence-corrected chi connectivity index (χ1v) is 8.25. The van der Waals surface area contributed by atoms with Gasteiger partial charge in [0.15, 0.2) is 11.4 Å². The molecule has 7 heteroatoms. The lowest BCUT2D eigenvalue weighted by Crippen LogP contribution is -1.99. The van der Waals surface area contributed by atoms with Crippen molar-refractivity contribution in [2.45, 2.75) is 20.0 Å². The topological polar surface area (TPSA) is 93.2 Å². The summed E-state index contributed by atoms with van der Waals surface area (Å²) in [6.45, 7) is 3.23. The number of aromatic nitrogens is 3. The van der Waals surface area contributed by atoms with Gasteiger partial charge in [0, 0.05) is 12.6 Å². The van der Waals surface area contributed by atoms with E-state index in [0.717, 1.165) is 16.6 Å². The van der Waals surface area contributed by atoms with Crippen molar-refractivity contribution in [3.63, 3.8) is 0 Å². The van der Waals surface area contributed by atoms with Gasteiger partial charge in [0.25, 0.3) is 0 Å². The van der Waals surface area contributed by atoms with Crippen LogP contribution in [0.4, 0.5) is 12.0 Å². The predicted octanol–water partition coefficient (Wildman–Crippen LogP) is 3.71. The monoisotopic (exact) mass is 350 g/mol. The third-order valence-corrected chi connectivity index (χ3v) is 4.40. The van der Waals surface area contributed by atoms with Crippen molar-refractivity contribution < 1.29 is 14.3 Å². The Labute approximate surface area is 149 Å². The Balaban J connectivity index is 1.71. The van der Waals surface area contributed by atoms with E-state index in [2.05, 4.69) is 15.3 Å². The molecule has 7 nitrogen and oxygen atoms in total. The molecular formula is C19H18N4O3. The van der Waals surface area contributed by atoms with E-state index < -0.39 is 6.10 Å². The highest BCUT2D eigenvalue weighted by Gasteiger charge is 2.14. The standard InChI is InChI=1S/C19H18N4O3/c1-10(24)12-5-7-16-15(8-12)20-18(23(16)3)22-19-21-14-6-4-13(11(2)25)9-17(14)26-19/h4-9,11,25H,1-3H3,(H,20,21,22). The highest BCUT2D eigenvalue weighted by atomic mass is 16.4. The number of carbonyl (C=O) groups is 1. The van der Waals surface area contributed by atoms with Gasteiger partial charge in [-0.05, 0) is 49.7 Å². The fraction of sp³-hybridized carbons (Fsp3) is 0.211. The van der Waals surface area contributed by atoms with Crippen LogP contribution in [0.5, 0.6) is 0 Å². The number of carbonyl (C=O) groups excluding carboxylic acids is 1. The molecule has 2 heterocycles. The summed E-state index contributed by atoms with van der Waals surface area (Å²) in [4.78, 5) is 20.5. The lowest BCUT2D eigenvalue weighted by molar-refractivity contribution is 0.101. The number of benzene rings is 2. The molecule has 0 saturated heterocycles. The van der Waals surface area contributed by atoms with Gasteiger partial charge in [-0.3, -0.25) is 10.1 Å². The van der Waals surface area contributed by atoms with E-state index in [4.69, 9.17) is 4.42 Å². The van der Waals surface area contributed by atoms with Gasteiger partial charge in [-0.1, -0.05) is 6.07 Å². The van der Waals surface area contributed by atoms with Crippen molar-refractivity contribution >= 4 is 39.9 Å². The number of hydrogen-bond acceptors (Lipinski definition) is 6. The minimum absolute atomic E-state index is 0.0000658. The quantitative estimate of drug-likeness (QED) is 0.545. The van der Waals surface area contributed by atoms with Gasteiger partial charge in [-0.25, -0.2) is 4.98 Å². The molecule has 1 atom stereocenters. The fourth-order valence-corrected chi connectivity index (χ4v) is 2.88. The lowest BCUT2D eigenvalue weighted by Gasteiger charge is -2.02. The molecule has 0 spiro atoms. The summed E-state index contributed by atoms with van der Waals surface area (Å²) in [6, 6.07) is 11.1. The Kier molecular flexibility index (Phi) is 3.73. The Hall–Kier alpha value is -3.19. The molecule has 0 radical (unpaired) electrons. The minimum atomic E-state index is -0.573. The number of imidazole rings is 1. The van der Waals surface area contributed by atoms with Crippen LogP contribution in [0, 0.1) is 0 Å². The summed E-state index contributed by atoms with van der Waals surface area (Å²) in [5.74, 6) is 0.558. The second-order valence-electron chi connectivity index (χ2n) is 6.30. The Bertz CT molecular complexity index is 1140. The number of nitrogens with one attached hydrogen (secondary N) is 1. The molecule has 0 aliphatic carbocycles. The highest BCUT2D eigenvalue weighted by Crippen LogP contribution is 2.26. The van der Waals surface area contributed by atoms with E-state index in [9.17, 15) is 9.90 Å². The maximum Gasteiger partial charge on any atom is 0.302 e. The number of aryl methyl sites for hydroxylation is 1. The molecule has 2 aromatic heterocycles. The van der Waals surface area contributed by atoms with E-state index >= 15 is 0 Å². The van der Waals surface area contributed by atoms with Crippen LogP contribution < -0.4 is 5.32 Å². The zero-order chi connectivity index (χ0) is 18.4. The largest absolute Gasteiger partial charge is 0.423 e. The third-order valence-electron chi connectivity index (χ3n) is 4.40.